The fourth-order valence-corrected chi connectivity index (χ4v) is 1.69. The van der Waals surface area contributed by atoms with Crippen molar-refractivity contribution in [2.75, 3.05) is 13.2 Å². The molecule has 1 saturated heterocycles. The van der Waals surface area contributed by atoms with Gasteiger partial charge in [0.25, 0.3) is 0 Å². The number of carbonyl (C=O) groups excluding carboxylic acids is 1. The van der Waals surface area contributed by atoms with E-state index in [0.717, 1.165) is 45.3 Å². The molecule has 0 aromatic carbocycles. The van der Waals surface area contributed by atoms with Crippen LogP contribution in [-0.2, 0) is 4.74 Å². The third-order valence-corrected chi connectivity index (χ3v) is 2.70. The summed E-state index contributed by atoms with van der Waals surface area (Å²) >= 11 is 0. The summed E-state index contributed by atoms with van der Waals surface area (Å²) in [5.41, 5.74) is 0. The highest BCUT2D eigenvalue weighted by atomic mass is 16.5. The number of nitrogens with one attached hydrogen (secondary N) is 2. The van der Waals surface area contributed by atoms with Crippen molar-refractivity contribution >= 4 is 6.03 Å². The molecule has 2 amide bonds. The van der Waals surface area contributed by atoms with Gasteiger partial charge in [0.05, 0.1) is 0 Å². The minimum absolute atomic E-state index is 0.000556. The van der Waals surface area contributed by atoms with Crippen molar-refractivity contribution in [3.05, 3.63) is 0 Å². The summed E-state index contributed by atoms with van der Waals surface area (Å²) in [6.45, 7) is 1.61. The molecule has 14 heavy (non-hydrogen) atoms. The molecule has 4 heteroatoms. The van der Waals surface area contributed by atoms with Gasteiger partial charge in [-0.3, -0.25) is 0 Å². The van der Waals surface area contributed by atoms with Gasteiger partial charge in [-0.15, -0.1) is 0 Å². The van der Waals surface area contributed by atoms with Gasteiger partial charge in [0.2, 0.25) is 0 Å². The van der Waals surface area contributed by atoms with Crippen LogP contribution in [0.15, 0.2) is 0 Å². The quantitative estimate of drug-likeness (QED) is 0.696. The number of hydrogen-bond acceptors (Lipinski definition) is 2. The Morgan fingerprint density at radius 1 is 1.00 bits per heavy atom. The molecule has 4 nitrogen and oxygen atoms in total. The van der Waals surface area contributed by atoms with Gasteiger partial charge in [0.15, 0.2) is 0 Å². The van der Waals surface area contributed by atoms with Gasteiger partial charge in [0, 0.05) is 25.3 Å². The first-order valence-corrected chi connectivity index (χ1v) is 5.49. The van der Waals surface area contributed by atoms with Crippen LogP contribution in [0.25, 0.3) is 0 Å². The average Bonchev–Trinajstić information content (AvgIpc) is 2.93. The summed E-state index contributed by atoms with van der Waals surface area (Å²) in [7, 11) is 0. The van der Waals surface area contributed by atoms with Gasteiger partial charge in [0.1, 0.15) is 0 Å². The molecule has 80 valence electrons. The molecule has 1 heterocycles. The highest BCUT2D eigenvalue weighted by Crippen LogP contribution is 2.18. The Kier molecular flexibility index (Phi) is 3.24. The zero-order valence-corrected chi connectivity index (χ0v) is 8.42. The van der Waals surface area contributed by atoms with Crippen molar-refractivity contribution in [1.29, 1.82) is 0 Å². The fraction of sp³-hybridized carbons (Fsp3) is 0.900. The average molecular weight is 198 g/mol. The van der Waals surface area contributed by atoms with Crippen LogP contribution in [0, 0.1) is 0 Å². The molecule has 1 aliphatic carbocycles. The summed E-state index contributed by atoms with van der Waals surface area (Å²) in [6, 6.07) is 0.743. The lowest BCUT2D eigenvalue weighted by Crippen LogP contribution is -2.43. The molecule has 0 spiro atoms. The number of hydrogen-bond donors (Lipinski definition) is 2. The number of ether oxygens (including phenoxy) is 1. The number of amides is 2. The Morgan fingerprint density at radius 3 is 2.43 bits per heavy atom. The van der Waals surface area contributed by atoms with Crippen molar-refractivity contribution in [2.24, 2.45) is 0 Å². The molecule has 1 atom stereocenters. The second-order valence-corrected chi connectivity index (χ2v) is 4.13. The van der Waals surface area contributed by atoms with Gasteiger partial charge >= 0.3 is 6.03 Å². The zero-order chi connectivity index (χ0) is 9.80. The number of carbonyl (C=O) groups is 1. The maximum Gasteiger partial charge on any atom is 0.315 e. The summed E-state index contributed by atoms with van der Waals surface area (Å²) < 4.78 is 5.33. The van der Waals surface area contributed by atoms with Gasteiger partial charge < -0.3 is 15.4 Å². The lowest BCUT2D eigenvalue weighted by Gasteiger charge is -2.15. The minimum atomic E-state index is -0.000556. The topological polar surface area (TPSA) is 50.4 Å². The van der Waals surface area contributed by atoms with E-state index in [1.165, 1.54) is 0 Å². The summed E-state index contributed by atoms with van der Waals surface area (Å²) in [5.74, 6) is 0. The fourth-order valence-electron chi connectivity index (χ4n) is 1.69. The molecule has 2 aliphatic rings. The van der Waals surface area contributed by atoms with E-state index >= 15 is 0 Å². The largest absolute Gasteiger partial charge is 0.381 e. The van der Waals surface area contributed by atoms with E-state index in [4.69, 9.17) is 4.74 Å². The van der Waals surface area contributed by atoms with Crippen molar-refractivity contribution < 1.29 is 9.53 Å². The van der Waals surface area contributed by atoms with Crippen molar-refractivity contribution in [3.8, 4) is 0 Å². The SMILES string of the molecule is O=C(NC1CCCOCC1)NC1CC1. The van der Waals surface area contributed by atoms with Crippen LogP contribution in [0.5, 0.6) is 0 Å². The van der Waals surface area contributed by atoms with E-state index in [2.05, 4.69) is 10.6 Å². The molecule has 2 rings (SSSR count). The Hall–Kier alpha value is -0.770. The zero-order valence-electron chi connectivity index (χ0n) is 8.42. The Bertz CT molecular complexity index is 196. The summed E-state index contributed by atoms with van der Waals surface area (Å²) in [4.78, 5) is 11.4. The minimum Gasteiger partial charge on any atom is -0.381 e. The first-order valence-electron chi connectivity index (χ1n) is 5.49. The monoisotopic (exact) mass is 198 g/mol. The second kappa shape index (κ2) is 4.64. The highest BCUT2D eigenvalue weighted by Gasteiger charge is 2.24. The Morgan fingerprint density at radius 2 is 1.71 bits per heavy atom. The molecule has 1 aliphatic heterocycles. The van der Waals surface area contributed by atoms with Gasteiger partial charge in [-0.1, -0.05) is 0 Å². The normalized spacial score (nSPS) is 27.9. The van der Waals surface area contributed by atoms with E-state index < -0.39 is 0 Å². The Balaban J connectivity index is 1.68. The van der Waals surface area contributed by atoms with Crippen LogP contribution in [0.1, 0.15) is 32.1 Å². The van der Waals surface area contributed by atoms with E-state index in [1.807, 2.05) is 0 Å². The molecule has 0 radical (unpaired) electrons. The van der Waals surface area contributed by atoms with Crippen LogP contribution in [0.2, 0.25) is 0 Å². The maximum atomic E-state index is 11.4. The van der Waals surface area contributed by atoms with Crippen LogP contribution in [-0.4, -0.2) is 31.3 Å². The second-order valence-electron chi connectivity index (χ2n) is 4.13. The molecule has 0 aromatic heterocycles. The highest BCUT2D eigenvalue weighted by molar-refractivity contribution is 5.74. The molecular weight excluding hydrogens is 180 g/mol. The third-order valence-electron chi connectivity index (χ3n) is 2.70. The van der Waals surface area contributed by atoms with Crippen molar-refractivity contribution in [1.82, 2.24) is 10.6 Å². The number of rotatable bonds is 2. The van der Waals surface area contributed by atoms with E-state index in [1.54, 1.807) is 0 Å². The van der Waals surface area contributed by atoms with Crippen LogP contribution in [0.3, 0.4) is 0 Å². The lowest BCUT2D eigenvalue weighted by molar-refractivity contribution is 0.143. The van der Waals surface area contributed by atoms with Crippen LogP contribution < -0.4 is 10.6 Å². The Labute approximate surface area is 84.4 Å². The third kappa shape index (κ3) is 3.18. The smallest absolute Gasteiger partial charge is 0.315 e. The van der Waals surface area contributed by atoms with Crippen molar-refractivity contribution in [2.45, 2.75) is 44.2 Å². The van der Waals surface area contributed by atoms with E-state index in [0.29, 0.717) is 12.1 Å². The maximum absolute atomic E-state index is 11.4. The van der Waals surface area contributed by atoms with E-state index in [9.17, 15) is 4.79 Å². The first kappa shape index (κ1) is 9.77. The molecule has 2 N–H and O–H groups in total. The van der Waals surface area contributed by atoms with Gasteiger partial charge in [-0.25, -0.2) is 4.79 Å². The molecule has 0 aromatic rings. The molecule has 1 unspecified atom stereocenters. The standard InChI is InChI=1S/C10H18N2O2/c13-10(12-9-3-4-9)11-8-2-1-6-14-7-5-8/h8-9H,1-7H2,(H2,11,12,13). The summed E-state index contributed by atoms with van der Waals surface area (Å²) in [5, 5.41) is 5.93. The number of urea groups is 1. The van der Waals surface area contributed by atoms with Crippen molar-refractivity contribution in [3.63, 3.8) is 0 Å². The molecule has 2 fully saturated rings. The van der Waals surface area contributed by atoms with Gasteiger partial charge in [-0.2, -0.15) is 0 Å². The molecule has 1 saturated carbocycles. The molecule has 0 bridgehead atoms. The van der Waals surface area contributed by atoms with Crippen LogP contribution >= 0.6 is 0 Å². The summed E-state index contributed by atoms with van der Waals surface area (Å²) in [6.07, 6.45) is 5.31. The lowest BCUT2D eigenvalue weighted by atomic mass is 10.1. The predicted molar refractivity (Wildman–Crippen MR) is 53.1 cm³/mol. The van der Waals surface area contributed by atoms with Gasteiger partial charge in [-0.05, 0) is 32.1 Å². The predicted octanol–water partition coefficient (Wildman–Crippen LogP) is 1.02. The van der Waals surface area contributed by atoms with Crippen LogP contribution in [0.4, 0.5) is 4.79 Å². The van der Waals surface area contributed by atoms with E-state index in [-0.39, 0.29) is 6.03 Å². The molecular formula is C10H18N2O2. The first-order chi connectivity index (χ1) is 6.84.